The monoisotopic (exact) mass is 400 g/mol. The van der Waals surface area contributed by atoms with E-state index in [4.69, 9.17) is 4.74 Å². The van der Waals surface area contributed by atoms with E-state index < -0.39 is 18.1 Å². The third kappa shape index (κ3) is 3.75. The molecule has 0 atom stereocenters. The highest BCUT2D eigenvalue weighted by Gasteiger charge is 2.49. The number of aromatic amines is 1. The average molecular weight is 400 g/mol. The zero-order chi connectivity index (χ0) is 20.4. The molecule has 0 spiro atoms. The Kier molecular flexibility index (Phi) is 4.87. The van der Waals surface area contributed by atoms with E-state index in [0.717, 1.165) is 5.56 Å². The van der Waals surface area contributed by atoms with Crippen LogP contribution in [0.15, 0.2) is 48.5 Å². The van der Waals surface area contributed by atoms with Gasteiger partial charge < -0.3 is 14.8 Å². The van der Waals surface area contributed by atoms with Gasteiger partial charge in [0.2, 0.25) is 0 Å². The van der Waals surface area contributed by atoms with Crippen molar-refractivity contribution in [2.24, 2.45) is 0 Å². The van der Waals surface area contributed by atoms with Gasteiger partial charge in [-0.2, -0.15) is 13.9 Å². The topological polar surface area (TPSA) is 89.1 Å². The zero-order valence-electron chi connectivity index (χ0n) is 15.5. The number of benzene rings is 2. The third-order valence-corrected chi connectivity index (χ3v) is 4.74. The van der Waals surface area contributed by atoms with Gasteiger partial charge in [0, 0.05) is 0 Å². The highest BCUT2D eigenvalue weighted by molar-refractivity contribution is 5.97. The van der Waals surface area contributed by atoms with Gasteiger partial charge in [0.15, 0.2) is 11.6 Å². The van der Waals surface area contributed by atoms with Crippen molar-refractivity contribution in [1.82, 2.24) is 20.5 Å². The molecule has 9 heteroatoms. The van der Waals surface area contributed by atoms with E-state index in [9.17, 15) is 13.6 Å². The fourth-order valence-electron chi connectivity index (χ4n) is 3.11. The molecular weight excluding hydrogens is 382 g/mol. The Bertz CT molecular complexity index is 1030. The minimum Gasteiger partial charge on any atom is -0.496 e. The van der Waals surface area contributed by atoms with Crippen molar-refractivity contribution in [3.8, 4) is 22.9 Å². The second-order valence-corrected chi connectivity index (χ2v) is 6.62. The van der Waals surface area contributed by atoms with Gasteiger partial charge in [0.25, 0.3) is 5.91 Å². The molecule has 3 aromatic rings. The van der Waals surface area contributed by atoms with Crippen LogP contribution in [-0.2, 0) is 5.54 Å². The van der Waals surface area contributed by atoms with E-state index >= 15 is 0 Å². The van der Waals surface area contributed by atoms with E-state index in [1.807, 2.05) is 18.2 Å². The molecule has 4 rings (SSSR count). The number of amides is 1. The van der Waals surface area contributed by atoms with Crippen molar-refractivity contribution in [3.63, 3.8) is 0 Å². The second kappa shape index (κ2) is 7.50. The molecule has 1 fully saturated rings. The van der Waals surface area contributed by atoms with Crippen LogP contribution in [0.25, 0.3) is 11.4 Å². The van der Waals surface area contributed by atoms with Crippen LogP contribution in [0, 0.1) is 0 Å². The lowest BCUT2D eigenvalue weighted by molar-refractivity contribution is -0.0501. The first-order valence-electron chi connectivity index (χ1n) is 8.95. The summed E-state index contributed by atoms with van der Waals surface area (Å²) in [5, 5.41) is 10.0. The third-order valence-electron chi connectivity index (χ3n) is 4.74. The van der Waals surface area contributed by atoms with Crippen molar-refractivity contribution < 1.29 is 23.0 Å². The largest absolute Gasteiger partial charge is 0.496 e. The van der Waals surface area contributed by atoms with Crippen molar-refractivity contribution >= 4 is 5.91 Å². The van der Waals surface area contributed by atoms with E-state index in [0.29, 0.717) is 30.2 Å². The highest BCUT2D eigenvalue weighted by Crippen LogP contribution is 2.45. The van der Waals surface area contributed by atoms with Crippen LogP contribution >= 0.6 is 0 Å². The van der Waals surface area contributed by atoms with E-state index in [1.54, 1.807) is 19.2 Å². The van der Waals surface area contributed by atoms with Crippen LogP contribution in [0.1, 0.15) is 29.0 Å². The molecule has 1 amide bonds. The molecule has 0 bridgehead atoms. The van der Waals surface area contributed by atoms with Crippen LogP contribution in [0.3, 0.4) is 0 Å². The quantitative estimate of drug-likeness (QED) is 0.634. The summed E-state index contributed by atoms with van der Waals surface area (Å²) in [5.41, 5.74) is 0.0290. The number of hydrogen-bond donors (Lipinski definition) is 2. The number of alkyl halides is 2. The first kappa shape index (κ1) is 18.9. The van der Waals surface area contributed by atoms with Crippen LogP contribution in [0.2, 0.25) is 0 Å². The van der Waals surface area contributed by atoms with E-state index in [2.05, 4.69) is 25.2 Å². The number of para-hydroxylation sites is 2. The molecular formula is C20H18F2N4O3. The predicted octanol–water partition coefficient (Wildman–Crippen LogP) is 3.50. The maximum Gasteiger partial charge on any atom is 0.387 e. The second-order valence-electron chi connectivity index (χ2n) is 6.62. The van der Waals surface area contributed by atoms with Gasteiger partial charge in [-0.05, 0) is 37.1 Å². The Labute approximate surface area is 165 Å². The Morgan fingerprint density at radius 3 is 2.52 bits per heavy atom. The zero-order valence-corrected chi connectivity index (χ0v) is 15.5. The lowest BCUT2D eigenvalue weighted by Crippen LogP contribution is -2.36. The molecule has 0 radical (unpaired) electrons. The first-order chi connectivity index (χ1) is 14.0. The van der Waals surface area contributed by atoms with Gasteiger partial charge >= 0.3 is 6.61 Å². The number of nitrogens with zero attached hydrogens (tertiary/aromatic N) is 2. The number of carbonyl (C=O) groups is 1. The fraction of sp³-hybridized carbons (Fsp3) is 0.250. The molecule has 2 aromatic carbocycles. The Morgan fingerprint density at radius 1 is 1.14 bits per heavy atom. The number of aromatic nitrogens is 3. The molecule has 1 saturated carbocycles. The summed E-state index contributed by atoms with van der Waals surface area (Å²) in [5.74, 6) is 0.875. The van der Waals surface area contributed by atoms with Gasteiger partial charge in [-0.3, -0.25) is 9.89 Å². The molecule has 29 heavy (non-hydrogen) atoms. The molecule has 7 nitrogen and oxygen atoms in total. The number of methoxy groups -OCH3 is 1. The Hall–Kier alpha value is -3.49. The number of nitrogens with one attached hydrogen (secondary N) is 2. The van der Waals surface area contributed by atoms with Crippen LogP contribution in [0.5, 0.6) is 11.5 Å². The minimum atomic E-state index is -3.02. The van der Waals surface area contributed by atoms with Gasteiger partial charge in [-0.1, -0.05) is 24.3 Å². The Morgan fingerprint density at radius 2 is 1.83 bits per heavy atom. The number of hydrogen-bond acceptors (Lipinski definition) is 5. The van der Waals surface area contributed by atoms with Crippen LogP contribution in [0.4, 0.5) is 8.78 Å². The molecule has 0 unspecified atom stereocenters. The van der Waals surface area contributed by atoms with E-state index in [-0.39, 0.29) is 11.3 Å². The summed E-state index contributed by atoms with van der Waals surface area (Å²) >= 11 is 0. The fourth-order valence-corrected chi connectivity index (χ4v) is 3.11. The lowest BCUT2D eigenvalue weighted by Gasteiger charge is -2.16. The number of ether oxygens (including phenoxy) is 2. The lowest BCUT2D eigenvalue weighted by atomic mass is 10.1. The van der Waals surface area contributed by atoms with Gasteiger partial charge in [-0.25, -0.2) is 4.98 Å². The SMILES string of the molecule is COc1ccccc1-c1n[nH]c(C2(NC(=O)c3ccccc3OC(F)F)CC2)n1. The maximum atomic E-state index is 12.7. The number of carbonyl (C=O) groups excluding carboxylic acids is 1. The molecule has 0 aliphatic heterocycles. The molecule has 2 N–H and O–H groups in total. The maximum absolute atomic E-state index is 12.7. The van der Waals surface area contributed by atoms with Crippen molar-refractivity contribution in [2.75, 3.05) is 7.11 Å². The van der Waals surface area contributed by atoms with Gasteiger partial charge in [0.1, 0.15) is 11.5 Å². The van der Waals surface area contributed by atoms with Gasteiger partial charge in [0.05, 0.1) is 23.8 Å². The molecule has 1 heterocycles. The highest BCUT2D eigenvalue weighted by atomic mass is 19.3. The molecule has 0 saturated heterocycles. The van der Waals surface area contributed by atoms with Crippen molar-refractivity contribution in [3.05, 3.63) is 59.9 Å². The standard InChI is InChI=1S/C20H18F2N4O3/c1-28-14-8-4-2-6-12(14)16-23-18(26-25-16)20(10-11-20)24-17(27)13-7-3-5-9-15(13)29-19(21)22/h2-9,19H,10-11H2,1H3,(H,24,27)(H,23,25,26). The van der Waals surface area contributed by atoms with Crippen molar-refractivity contribution in [1.29, 1.82) is 0 Å². The summed E-state index contributed by atoms with van der Waals surface area (Å²) in [6.45, 7) is -3.02. The molecule has 1 aliphatic carbocycles. The number of rotatable bonds is 7. The smallest absolute Gasteiger partial charge is 0.387 e. The molecule has 1 aromatic heterocycles. The average Bonchev–Trinajstić information content (AvgIpc) is 3.32. The van der Waals surface area contributed by atoms with Crippen LogP contribution in [-0.4, -0.2) is 34.8 Å². The molecule has 1 aliphatic rings. The molecule has 150 valence electrons. The minimum absolute atomic E-state index is 0.0311. The summed E-state index contributed by atoms with van der Waals surface area (Å²) in [6.07, 6.45) is 1.30. The summed E-state index contributed by atoms with van der Waals surface area (Å²) < 4.78 is 35.0. The normalized spacial score (nSPS) is 14.5. The Balaban J connectivity index is 1.57. The predicted molar refractivity (Wildman–Crippen MR) is 99.8 cm³/mol. The first-order valence-corrected chi connectivity index (χ1v) is 8.95. The summed E-state index contributed by atoms with van der Waals surface area (Å²) in [7, 11) is 1.56. The summed E-state index contributed by atoms with van der Waals surface area (Å²) in [4.78, 5) is 17.3. The van der Waals surface area contributed by atoms with Crippen molar-refractivity contribution in [2.45, 2.75) is 25.0 Å². The summed E-state index contributed by atoms with van der Waals surface area (Å²) in [6, 6.07) is 13.2. The number of H-pyrrole nitrogens is 1. The van der Waals surface area contributed by atoms with E-state index in [1.165, 1.54) is 18.2 Å². The van der Waals surface area contributed by atoms with Crippen LogP contribution < -0.4 is 14.8 Å². The number of halogens is 2. The van der Waals surface area contributed by atoms with Gasteiger partial charge in [-0.15, -0.1) is 0 Å².